The van der Waals surface area contributed by atoms with Crippen LogP contribution in [0.15, 0.2) is 23.6 Å². The molecule has 4 N–H and O–H groups in total. The normalized spacial score (nSPS) is 13.1. The van der Waals surface area contributed by atoms with Gasteiger partial charge in [-0.2, -0.15) is 0 Å². The van der Waals surface area contributed by atoms with Gasteiger partial charge in [-0.05, 0) is 0 Å². The summed E-state index contributed by atoms with van der Waals surface area (Å²) in [5, 5.41) is 18.6. The highest BCUT2D eigenvalue weighted by atomic mass is 32.2. The van der Waals surface area contributed by atoms with Gasteiger partial charge in [-0.1, -0.05) is 11.8 Å². The van der Waals surface area contributed by atoms with Crippen LogP contribution in [0.1, 0.15) is 0 Å². The molecule has 0 spiro atoms. The van der Waals surface area contributed by atoms with E-state index in [4.69, 9.17) is 10.8 Å². The number of rotatable bonds is 4. The largest absolute Gasteiger partial charge is 0.394 e. The molecule has 2 aromatic heterocycles. The number of anilines is 1. The van der Waals surface area contributed by atoms with E-state index in [2.05, 4.69) is 9.97 Å². The van der Waals surface area contributed by atoms with Crippen LogP contribution in [0.3, 0.4) is 0 Å². The van der Waals surface area contributed by atoms with Gasteiger partial charge in [0.1, 0.15) is 10.8 Å². The summed E-state index contributed by atoms with van der Waals surface area (Å²) in [6, 6.07) is 0. The van der Waals surface area contributed by atoms with Crippen LogP contribution in [-0.4, -0.2) is 43.0 Å². The van der Waals surface area contributed by atoms with Crippen molar-refractivity contribution in [2.75, 3.05) is 18.1 Å². The summed E-state index contributed by atoms with van der Waals surface area (Å²) in [7, 11) is 0. The Hall–Kier alpha value is -1.31. The molecule has 0 aliphatic carbocycles. The molecule has 1 atom stereocenters. The average Bonchev–Trinajstić information content (AvgIpc) is 2.73. The number of aliphatic hydroxyl groups excluding tert-OH is 2. The summed E-state index contributed by atoms with van der Waals surface area (Å²) in [6.45, 7) is -0.264. The van der Waals surface area contributed by atoms with Crippen LogP contribution in [0.2, 0.25) is 0 Å². The monoisotopic (exact) mass is 240 g/mol. The molecule has 2 aromatic rings. The number of nitrogens with two attached hydrogens (primary N) is 1. The van der Waals surface area contributed by atoms with Crippen LogP contribution in [0.25, 0.3) is 5.65 Å². The second-order valence-electron chi connectivity index (χ2n) is 3.28. The standard InChI is InChI=1S/C9H12N4O2S/c10-7-3-13-2-1-11-8(13)9(12-7)16-5-6(15)4-14/h1-3,6,14-15H,4-5,10H2. The Balaban J connectivity index is 2.25. The predicted molar refractivity (Wildman–Crippen MR) is 61.2 cm³/mol. The van der Waals surface area contributed by atoms with Gasteiger partial charge in [-0.15, -0.1) is 0 Å². The molecule has 0 aliphatic rings. The maximum atomic E-state index is 9.25. The average molecular weight is 240 g/mol. The Morgan fingerprint density at radius 3 is 3.12 bits per heavy atom. The molecule has 86 valence electrons. The van der Waals surface area contributed by atoms with Crippen molar-refractivity contribution in [3.05, 3.63) is 18.6 Å². The summed E-state index contributed by atoms with van der Waals surface area (Å²) < 4.78 is 1.77. The number of fused-ring (bicyclic) bond motifs is 1. The highest BCUT2D eigenvalue weighted by Crippen LogP contribution is 2.22. The van der Waals surface area contributed by atoms with E-state index >= 15 is 0 Å². The quantitative estimate of drug-likeness (QED) is 0.638. The maximum absolute atomic E-state index is 9.25. The Labute approximate surface area is 96.1 Å². The van der Waals surface area contributed by atoms with Gasteiger partial charge in [0.15, 0.2) is 5.65 Å². The van der Waals surface area contributed by atoms with Crippen molar-refractivity contribution in [2.45, 2.75) is 11.1 Å². The molecule has 0 saturated heterocycles. The van der Waals surface area contributed by atoms with Gasteiger partial charge in [0.2, 0.25) is 0 Å². The Bertz CT molecular complexity index is 487. The second-order valence-corrected chi connectivity index (χ2v) is 4.29. The van der Waals surface area contributed by atoms with E-state index in [0.717, 1.165) is 0 Å². The van der Waals surface area contributed by atoms with Gasteiger partial charge in [-0.3, -0.25) is 0 Å². The van der Waals surface area contributed by atoms with Crippen molar-refractivity contribution in [1.29, 1.82) is 0 Å². The van der Waals surface area contributed by atoms with Gasteiger partial charge in [-0.25, -0.2) is 9.97 Å². The Kier molecular flexibility index (Phi) is 3.28. The first kappa shape index (κ1) is 11.2. The Morgan fingerprint density at radius 1 is 1.56 bits per heavy atom. The zero-order chi connectivity index (χ0) is 11.5. The Morgan fingerprint density at radius 2 is 2.38 bits per heavy atom. The molecule has 16 heavy (non-hydrogen) atoms. The fourth-order valence-corrected chi connectivity index (χ4v) is 2.16. The lowest BCUT2D eigenvalue weighted by Crippen LogP contribution is -2.14. The van der Waals surface area contributed by atoms with E-state index in [9.17, 15) is 5.11 Å². The molecule has 0 fully saturated rings. The van der Waals surface area contributed by atoms with Crippen molar-refractivity contribution in [2.24, 2.45) is 0 Å². The molecule has 2 rings (SSSR count). The zero-order valence-electron chi connectivity index (χ0n) is 8.45. The first-order valence-electron chi connectivity index (χ1n) is 4.71. The van der Waals surface area contributed by atoms with E-state index in [1.807, 2.05) is 0 Å². The smallest absolute Gasteiger partial charge is 0.169 e. The molecular formula is C9H12N4O2S. The van der Waals surface area contributed by atoms with Gasteiger partial charge >= 0.3 is 0 Å². The fraction of sp³-hybridized carbons (Fsp3) is 0.333. The number of hydrogen-bond donors (Lipinski definition) is 3. The molecule has 0 bridgehead atoms. The SMILES string of the molecule is Nc1cn2ccnc2c(SCC(O)CO)n1. The molecular weight excluding hydrogens is 228 g/mol. The first-order valence-corrected chi connectivity index (χ1v) is 5.70. The van der Waals surface area contributed by atoms with Crippen LogP contribution in [-0.2, 0) is 0 Å². The highest BCUT2D eigenvalue weighted by Gasteiger charge is 2.09. The lowest BCUT2D eigenvalue weighted by molar-refractivity contribution is 0.113. The number of imidazole rings is 1. The second kappa shape index (κ2) is 4.69. The summed E-state index contributed by atoms with van der Waals surface area (Å²) in [4.78, 5) is 8.29. The molecule has 0 aliphatic heterocycles. The third kappa shape index (κ3) is 2.26. The lowest BCUT2D eigenvalue weighted by Gasteiger charge is -2.07. The third-order valence-corrected chi connectivity index (χ3v) is 3.08. The van der Waals surface area contributed by atoms with Crippen LogP contribution >= 0.6 is 11.8 Å². The molecule has 0 saturated carbocycles. The van der Waals surface area contributed by atoms with Gasteiger partial charge in [0.05, 0.1) is 18.9 Å². The zero-order valence-corrected chi connectivity index (χ0v) is 9.26. The van der Waals surface area contributed by atoms with Crippen LogP contribution in [0.5, 0.6) is 0 Å². The third-order valence-electron chi connectivity index (χ3n) is 1.99. The summed E-state index contributed by atoms with van der Waals surface area (Å²) >= 11 is 1.32. The van der Waals surface area contributed by atoms with Crippen molar-refractivity contribution in [3.63, 3.8) is 0 Å². The van der Waals surface area contributed by atoms with Crippen molar-refractivity contribution >= 4 is 23.2 Å². The first-order chi connectivity index (χ1) is 7.70. The van der Waals surface area contributed by atoms with Gasteiger partial charge < -0.3 is 20.3 Å². The summed E-state index contributed by atoms with van der Waals surface area (Å²) in [5.41, 5.74) is 6.34. The number of aliphatic hydroxyl groups is 2. The molecule has 0 amide bonds. The number of aromatic nitrogens is 3. The number of nitrogen functional groups attached to an aromatic ring is 1. The predicted octanol–water partition coefficient (Wildman–Crippen LogP) is -0.243. The topological polar surface area (TPSA) is 96.7 Å². The minimum atomic E-state index is -0.761. The van der Waals surface area contributed by atoms with Crippen LogP contribution in [0, 0.1) is 0 Å². The molecule has 0 aromatic carbocycles. The number of nitrogens with zero attached hydrogens (tertiary/aromatic N) is 3. The van der Waals surface area contributed by atoms with Crippen molar-refractivity contribution < 1.29 is 10.2 Å². The van der Waals surface area contributed by atoms with Crippen molar-refractivity contribution in [3.8, 4) is 0 Å². The minimum Gasteiger partial charge on any atom is -0.394 e. The summed E-state index contributed by atoms with van der Waals surface area (Å²) in [5.74, 6) is 0.752. The van der Waals surface area contributed by atoms with Crippen LogP contribution in [0.4, 0.5) is 5.82 Å². The minimum absolute atomic E-state index is 0.264. The number of hydrogen-bond acceptors (Lipinski definition) is 6. The molecule has 7 heteroatoms. The van der Waals surface area contributed by atoms with E-state index < -0.39 is 6.10 Å². The van der Waals surface area contributed by atoms with E-state index in [0.29, 0.717) is 22.2 Å². The van der Waals surface area contributed by atoms with Gasteiger partial charge in [0, 0.05) is 18.1 Å². The van der Waals surface area contributed by atoms with E-state index in [-0.39, 0.29) is 6.61 Å². The number of thioether (sulfide) groups is 1. The maximum Gasteiger partial charge on any atom is 0.169 e. The van der Waals surface area contributed by atoms with Crippen LogP contribution < -0.4 is 5.73 Å². The van der Waals surface area contributed by atoms with E-state index in [1.165, 1.54) is 11.8 Å². The molecule has 2 heterocycles. The molecule has 6 nitrogen and oxygen atoms in total. The van der Waals surface area contributed by atoms with Gasteiger partial charge in [0.25, 0.3) is 0 Å². The molecule has 1 unspecified atom stereocenters. The lowest BCUT2D eigenvalue weighted by atomic mass is 10.4. The molecule has 0 radical (unpaired) electrons. The summed E-state index contributed by atoms with van der Waals surface area (Å²) in [6.07, 6.45) is 4.35. The highest BCUT2D eigenvalue weighted by molar-refractivity contribution is 7.99. The van der Waals surface area contributed by atoms with E-state index in [1.54, 1.807) is 23.0 Å². The van der Waals surface area contributed by atoms with Crippen molar-refractivity contribution in [1.82, 2.24) is 14.4 Å². The fourth-order valence-electron chi connectivity index (χ4n) is 1.25.